The first-order valence-electron chi connectivity index (χ1n) is 13.9. The van der Waals surface area contributed by atoms with E-state index in [-0.39, 0.29) is 35.7 Å². The van der Waals surface area contributed by atoms with Gasteiger partial charge in [-0.2, -0.15) is 16.8 Å². The standard InChI is InChI=1S/C27H44O9S2/c1-17(2)6-5-7-18(16-35-37(29,30)31)21-10-11-22-20-9-8-19-14-25(36-38(32,33)34)24(28)15-27(19,4)23(20)12-13-26(21,22)3/h5,7-8,17-18,20-25,28H,6,9-16H2,1-4H3,(H,29,30,31)(H,32,33,34)/b7-5+/t18-,20?,21+,22?,23?,24-,25-,26+,27-/m0/s1. The van der Waals surface area contributed by atoms with E-state index < -0.39 is 33.0 Å². The van der Waals surface area contributed by atoms with Gasteiger partial charge in [0.15, 0.2) is 0 Å². The Morgan fingerprint density at radius 2 is 1.79 bits per heavy atom. The molecule has 3 fully saturated rings. The fourth-order valence-corrected chi connectivity index (χ4v) is 9.51. The molecule has 0 bridgehead atoms. The van der Waals surface area contributed by atoms with Gasteiger partial charge < -0.3 is 5.11 Å². The van der Waals surface area contributed by atoms with Crippen molar-refractivity contribution in [2.24, 2.45) is 46.3 Å². The van der Waals surface area contributed by atoms with Crippen LogP contribution < -0.4 is 0 Å². The highest BCUT2D eigenvalue weighted by Gasteiger charge is 2.60. The number of aliphatic hydroxyl groups excluding tert-OH is 1. The topological polar surface area (TPSA) is 147 Å². The third-order valence-corrected chi connectivity index (χ3v) is 11.3. The average Bonchev–Trinajstić information content (AvgIpc) is 3.12. The molecular weight excluding hydrogens is 532 g/mol. The Morgan fingerprint density at radius 3 is 2.42 bits per heavy atom. The lowest BCUT2D eigenvalue weighted by atomic mass is 9.46. The minimum Gasteiger partial charge on any atom is -0.390 e. The van der Waals surface area contributed by atoms with E-state index in [1.165, 1.54) is 0 Å². The van der Waals surface area contributed by atoms with Crippen LogP contribution in [0.1, 0.15) is 79.1 Å². The predicted molar refractivity (Wildman–Crippen MR) is 143 cm³/mol. The smallest absolute Gasteiger partial charge is 0.390 e. The molecule has 9 atom stereocenters. The molecule has 218 valence electrons. The van der Waals surface area contributed by atoms with Crippen molar-refractivity contribution in [2.75, 3.05) is 6.61 Å². The average molecular weight is 577 g/mol. The van der Waals surface area contributed by atoms with E-state index in [1.54, 1.807) is 0 Å². The Balaban J connectivity index is 1.56. The largest absolute Gasteiger partial charge is 0.397 e. The Hall–Kier alpha value is -0.820. The Kier molecular flexibility index (Phi) is 8.62. The summed E-state index contributed by atoms with van der Waals surface area (Å²) in [5, 5.41) is 10.8. The molecule has 4 aliphatic rings. The minimum atomic E-state index is -4.65. The van der Waals surface area contributed by atoms with Crippen molar-refractivity contribution >= 4 is 20.8 Å². The maximum atomic E-state index is 11.4. The summed E-state index contributed by atoms with van der Waals surface area (Å²) in [6.45, 7) is 8.70. The molecule has 3 unspecified atom stereocenters. The lowest BCUT2D eigenvalue weighted by molar-refractivity contribution is -0.0843. The minimum absolute atomic E-state index is 0.0117. The monoisotopic (exact) mass is 576 g/mol. The summed E-state index contributed by atoms with van der Waals surface area (Å²) in [6, 6.07) is 0. The zero-order valence-electron chi connectivity index (χ0n) is 22.8. The van der Waals surface area contributed by atoms with Gasteiger partial charge in [-0.3, -0.25) is 9.11 Å². The van der Waals surface area contributed by atoms with Gasteiger partial charge in [-0.15, -0.1) is 0 Å². The fourth-order valence-electron chi connectivity index (χ4n) is 8.67. The van der Waals surface area contributed by atoms with Crippen LogP contribution in [0.2, 0.25) is 0 Å². The van der Waals surface area contributed by atoms with E-state index >= 15 is 0 Å². The van der Waals surface area contributed by atoms with Crippen LogP contribution in [-0.2, 0) is 29.2 Å². The highest BCUT2D eigenvalue weighted by molar-refractivity contribution is 7.81. The third-order valence-electron chi connectivity index (χ3n) is 10.3. The van der Waals surface area contributed by atoms with E-state index in [2.05, 4.69) is 45.9 Å². The van der Waals surface area contributed by atoms with Crippen molar-refractivity contribution in [3.8, 4) is 0 Å². The molecule has 4 aliphatic carbocycles. The summed E-state index contributed by atoms with van der Waals surface area (Å²) in [4.78, 5) is 0. The van der Waals surface area contributed by atoms with Gasteiger partial charge in [0.05, 0.1) is 12.7 Å². The van der Waals surface area contributed by atoms with Crippen molar-refractivity contribution < 1.29 is 39.4 Å². The summed E-state index contributed by atoms with van der Waals surface area (Å²) in [7, 11) is -9.18. The van der Waals surface area contributed by atoms with Gasteiger partial charge >= 0.3 is 20.8 Å². The second-order valence-electron chi connectivity index (χ2n) is 13.0. The number of rotatable bonds is 9. The first kappa shape index (κ1) is 30.1. The quantitative estimate of drug-likeness (QED) is 0.261. The molecular formula is C27H44O9S2. The number of hydrogen-bond acceptors (Lipinski definition) is 7. The molecule has 0 spiro atoms. The van der Waals surface area contributed by atoms with E-state index in [9.17, 15) is 26.5 Å². The van der Waals surface area contributed by atoms with Crippen molar-refractivity contribution in [3.05, 3.63) is 23.8 Å². The number of aliphatic hydroxyl groups is 1. The highest BCUT2D eigenvalue weighted by Crippen LogP contribution is 2.67. The Morgan fingerprint density at radius 1 is 1.08 bits per heavy atom. The molecule has 11 heteroatoms. The maximum absolute atomic E-state index is 11.4. The van der Waals surface area contributed by atoms with Crippen LogP contribution in [0.15, 0.2) is 23.8 Å². The number of allylic oxidation sites excluding steroid dienone is 2. The summed E-state index contributed by atoms with van der Waals surface area (Å²) in [5.41, 5.74) is 0.820. The molecule has 0 aliphatic heterocycles. The van der Waals surface area contributed by atoms with Crippen LogP contribution in [0.4, 0.5) is 0 Å². The molecule has 0 aromatic heterocycles. The van der Waals surface area contributed by atoms with Gasteiger partial charge in [-0.1, -0.05) is 51.5 Å². The first-order valence-corrected chi connectivity index (χ1v) is 16.6. The van der Waals surface area contributed by atoms with Crippen LogP contribution in [0.25, 0.3) is 0 Å². The van der Waals surface area contributed by atoms with Gasteiger partial charge in [-0.05, 0) is 91.8 Å². The lowest BCUT2D eigenvalue weighted by Crippen LogP contribution is -2.53. The predicted octanol–water partition coefficient (Wildman–Crippen LogP) is 4.76. The van der Waals surface area contributed by atoms with Crippen molar-refractivity contribution in [1.82, 2.24) is 0 Å². The summed E-state index contributed by atoms with van der Waals surface area (Å²) >= 11 is 0. The van der Waals surface area contributed by atoms with E-state index in [0.717, 1.165) is 44.1 Å². The van der Waals surface area contributed by atoms with Crippen LogP contribution in [0.5, 0.6) is 0 Å². The van der Waals surface area contributed by atoms with Crippen LogP contribution in [0.3, 0.4) is 0 Å². The van der Waals surface area contributed by atoms with Gasteiger partial charge in [-0.25, -0.2) is 8.37 Å². The number of fused-ring (bicyclic) bond motifs is 5. The molecule has 3 saturated carbocycles. The summed E-state index contributed by atoms with van der Waals surface area (Å²) in [6.07, 6.45) is 10.7. The van der Waals surface area contributed by atoms with Gasteiger partial charge in [0.1, 0.15) is 6.10 Å². The van der Waals surface area contributed by atoms with Crippen molar-refractivity contribution in [2.45, 2.75) is 91.3 Å². The Labute approximate surface area is 228 Å². The fraction of sp³-hybridized carbons (Fsp3) is 0.852. The molecule has 3 N–H and O–H groups in total. The second kappa shape index (κ2) is 10.9. The summed E-state index contributed by atoms with van der Waals surface area (Å²) < 4.78 is 73.5. The van der Waals surface area contributed by atoms with E-state index in [0.29, 0.717) is 30.1 Å². The van der Waals surface area contributed by atoms with Crippen molar-refractivity contribution in [3.63, 3.8) is 0 Å². The van der Waals surface area contributed by atoms with Crippen LogP contribution in [-0.4, -0.2) is 49.9 Å². The zero-order chi connectivity index (χ0) is 28.1. The van der Waals surface area contributed by atoms with Crippen LogP contribution in [0, 0.1) is 46.3 Å². The first-order chi connectivity index (χ1) is 17.5. The molecule has 0 amide bonds. The lowest BCUT2D eigenvalue weighted by Gasteiger charge is -2.59. The van der Waals surface area contributed by atoms with Crippen LogP contribution >= 0.6 is 0 Å². The SMILES string of the molecule is CC(C)C/C=C/[C@@H](COS(=O)(=O)O)[C@H]1CCC2C3CC=C4C[C@H](OS(=O)(=O)O)[C@@H](O)C[C@]4(C)C3CC[C@@]21C. The maximum Gasteiger partial charge on any atom is 0.397 e. The molecule has 0 aromatic rings. The van der Waals surface area contributed by atoms with Crippen molar-refractivity contribution in [1.29, 1.82) is 0 Å². The summed E-state index contributed by atoms with van der Waals surface area (Å²) in [5.74, 6) is 1.75. The molecule has 0 heterocycles. The highest BCUT2D eigenvalue weighted by atomic mass is 32.3. The zero-order valence-corrected chi connectivity index (χ0v) is 24.5. The third kappa shape index (κ3) is 6.24. The molecule has 4 rings (SSSR count). The van der Waals surface area contributed by atoms with Gasteiger partial charge in [0.2, 0.25) is 0 Å². The molecule has 0 saturated heterocycles. The van der Waals surface area contributed by atoms with E-state index in [1.807, 2.05) is 0 Å². The molecule has 0 aromatic carbocycles. The molecule has 38 heavy (non-hydrogen) atoms. The normalized spacial score (nSPS) is 40.5. The Bertz CT molecular complexity index is 1150. The van der Waals surface area contributed by atoms with Gasteiger partial charge in [0.25, 0.3) is 0 Å². The van der Waals surface area contributed by atoms with Gasteiger partial charge in [0, 0.05) is 5.92 Å². The molecule has 9 nitrogen and oxygen atoms in total. The molecule has 0 radical (unpaired) electrons. The second-order valence-corrected chi connectivity index (χ2v) is 15.1. The van der Waals surface area contributed by atoms with E-state index in [4.69, 9.17) is 12.9 Å². The number of hydrogen-bond donors (Lipinski definition) is 3.